The predicted molar refractivity (Wildman–Crippen MR) is 72.8 cm³/mol. The first-order chi connectivity index (χ1) is 10.1. The van der Waals surface area contributed by atoms with Gasteiger partial charge >= 0.3 is 5.97 Å². The first kappa shape index (κ1) is 16.5. The third-order valence-corrected chi connectivity index (χ3v) is 3.03. The van der Waals surface area contributed by atoms with E-state index >= 15 is 0 Å². The third kappa shape index (κ3) is 5.95. The van der Waals surface area contributed by atoms with Crippen LogP contribution in [0.4, 0.5) is 0 Å². The molecule has 1 fully saturated rings. The number of nitrogens with one attached hydrogen (secondary N) is 1. The van der Waals surface area contributed by atoms with E-state index in [2.05, 4.69) is 5.32 Å². The number of carboxylic acid groups (broad SMARTS) is 1. The number of aliphatic carboxylic acids is 1. The van der Waals surface area contributed by atoms with Gasteiger partial charge in [-0.1, -0.05) is 0 Å². The number of rotatable bonds is 7. The molecular weight excluding hydrogens is 276 g/mol. The van der Waals surface area contributed by atoms with Crippen molar-refractivity contribution in [2.24, 2.45) is 0 Å². The molecule has 1 heterocycles. The minimum atomic E-state index is -0.923. The van der Waals surface area contributed by atoms with Crippen LogP contribution in [0.5, 0.6) is 0 Å². The summed E-state index contributed by atoms with van der Waals surface area (Å²) in [5, 5.41) is 20.0. The highest BCUT2D eigenvalue weighted by molar-refractivity contribution is 5.97. The van der Waals surface area contributed by atoms with Crippen LogP contribution in [0, 0.1) is 11.3 Å². The Morgan fingerprint density at radius 1 is 1.24 bits per heavy atom. The molecule has 1 aliphatic rings. The van der Waals surface area contributed by atoms with Gasteiger partial charge in [-0.2, -0.15) is 5.26 Å². The molecule has 0 aromatic rings. The quantitative estimate of drug-likeness (QED) is 0.273. The molecule has 0 spiro atoms. The van der Waals surface area contributed by atoms with Crippen molar-refractivity contribution in [2.45, 2.75) is 12.8 Å². The van der Waals surface area contributed by atoms with Gasteiger partial charge in [-0.05, 0) is 6.42 Å². The molecule has 0 aromatic heterocycles. The van der Waals surface area contributed by atoms with Crippen molar-refractivity contribution in [1.82, 2.24) is 15.1 Å². The Labute approximate surface area is 122 Å². The number of nitrogens with zero attached hydrogens (tertiary/aromatic N) is 3. The van der Waals surface area contributed by atoms with Crippen LogP contribution in [0.1, 0.15) is 12.8 Å². The maximum Gasteiger partial charge on any atom is 0.303 e. The zero-order valence-electron chi connectivity index (χ0n) is 11.6. The number of nitriles is 1. The summed E-state index contributed by atoms with van der Waals surface area (Å²) in [5.41, 5.74) is -0.0233. The Morgan fingerprint density at radius 3 is 2.38 bits per heavy atom. The average Bonchev–Trinajstić information content (AvgIpc) is 2.49. The summed E-state index contributed by atoms with van der Waals surface area (Å²) in [6.45, 7) is 2.45. The minimum Gasteiger partial charge on any atom is -0.481 e. The standard InChI is InChI=1S/C13H18N4O4/c14-8-11(13(21)15-3-1-2-12(19)20)9-16-4-6-17(10-18)7-5-16/h9-10H,1-7H2,(H,15,21)(H,19,20)/b11-9-. The summed E-state index contributed by atoms with van der Waals surface area (Å²) in [5.74, 6) is -1.44. The van der Waals surface area contributed by atoms with Crippen LogP contribution in [0.15, 0.2) is 11.8 Å². The van der Waals surface area contributed by atoms with Gasteiger partial charge in [-0.15, -0.1) is 0 Å². The third-order valence-electron chi connectivity index (χ3n) is 3.03. The van der Waals surface area contributed by atoms with Crippen LogP contribution in [-0.4, -0.2) is 65.9 Å². The summed E-state index contributed by atoms with van der Waals surface area (Å²) in [6, 6.07) is 1.83. The molecule has 0 aliphatic carbocycles. The van der Waals surface area contributed by atoms with E-state index in [1.807, 2.05) is 11.0 Å². The Hall–Kier alpha value is -2.56. The van der Waals surface area contributed by atoms with Gasteiger partial charge in [-0.3, -0.25) is 14.4 Å². The maximum atomic E-state index is 11.8. The molecule has 114 valence electrons. The number of hydrogen-bond donors (Lipinski definition) is 2. The van der Waals surface area contributed by atoms with Gasteiger partial charge in [0.1, 0.15) is 11.6 Å². The van der Waals surface area contributed by atoms with Gasteiger partial charge in [0.15, 0.2) is 0 Å². The van der Waals surface area contributed by atoms with Gasteiger partial charge in [0, 0.05) is 45.3 Å². The fraction of sp³-hybridized carbons (Fsp3) is 0.538. The second kappa shape index (κ2) is 8.58. The SMILES string of the molecule is N#C/C(=C/N1CCN(C=O)CC1)C(=O)NCCCC(=O)O. The van der Waals surface area contributed by atoms with E-state index in [0.717, 1.165) is 6.41 Å². The van der Waals surface area contributed by atoms with Crippen LogP contribution in [0.3, 0.4) is 0 Å². The number of carbonyl (C=O) groups excluding carboxylic acids is 2. The Bertz CT molecular complexity index is 461. The summed E-state index contributed by atoms with van der Waals surface area (Å²) in [6.07, 6.45) is 2.55. The highest BCUT2D eigenvalue weighted by Gasteiger charge is 2.15. The van der Waals surface area contributed by atoms with E-state index in [9.17, 15) is 14.4 Å². The van der Waals surface area contributed by atoms with Gasteiger partial charge in [0.2, 0.25) is 6.41 Å². The molecule has 0 atom stereocenters. The van der Waals surface area contributed by atoms with Crippen molar-refractivity contribution in [3.63, 3.8) is 0 Å². The Balaban J connectivity index is 2.44. The summed E-state index contributed by atoms with van der Waals surface area (Å²) in [4.78, 5) is 36.1. The topological polar surface area (TPSA) is 114 Å². The summed E-state index contributed by atoms with van der Waals surface area (Å²) < 4.78 is 0. The molecule has 1 aliphatic heterocycles. The van der Waals surface area contributed by atoms with Crippen LogP contribution < -0.4 is 5.32 Å². The number of hydrogen-bond acceptors (Lipinski definition) is 5. The summed E-state index contributed by atoms with van der Waals surface area (Å²) in [7, 11) is 0. The van der Waals surface area contributed by atoms with E-state index in [-0.39, 0.29) is 18.5 Å². The molecular formula is C13H18N4O4. The lowest BCUT2D eigenvalue weighted by atomic mass is 10.2. The van der Waals surface area contributed by atoms with E-state index in [1.165, 1.54) is 6.20 Å². The van der Waals surface area contributed by atoms with E-state index in [1.54, 1.807) is 4.90 Å². The van der Waals surface area contributed by atoms with Crippen molar-refractivity contribution in [1.29, 1.82) is 5.26 Å². The number of carbonyl (C=O) groups is 3. The monoisotopic (exact) mass is 294 g/mol. The second-order valence-corrected chi connectivity index (χ2v) is 4.59. The van der Waals surface area contributed by atoms with Crippen LogP contribution >= 0.6 is 0 Å². The average molecular weight is 294 g/mol. The maximum absolute atomic E-state index is 11.8. The molecule has 2 N–H and O–H groups in total. The summed E-state index contributed by atoms with van der Waals surface area (Å²) >= 11 is 0. The molecule has 21 heavy (non-hydrogen) atoms. The van der Waals surface area contributed by atoms with E-state index < -0.39 is 11.9 Å². The zero-order chi connectivity index (χ0) is 15.7. The van der Waals surface area contributed by atoms with E-state index in [0.29, 0.717) is 32.6 Å². The van der Waals surface area contributed by atoms with Crippen LogP contribution in [0.25, 0.3) is 0 Å². The molecule has 1 saturated heterocycles. The first-order valence-electron chi connectivity index (χ1n) is 6.62. The lowest BCUT2D eigenvalue weighted by molar-refractivity contribution is -0.137. The van der Waals surface area contributed by atoms with E-state index in [4.69, 9.17) is 10.4 Å². The van der Waals surface area contributed by atoms with Gasteiger partial charge in [-0.25, -0.2) is 0 Å². The zero-order valence-corrected chi connectivity index (χ0v) is 11.6. The predicted octanol–water partition coefficient (Wildman–Crippen LogP) is -0.851. The van der Waals surface area contributed by atoms with Crippen molar-refractivity contribution < 1.29 is 19.5 Å². The van der Waals surface area contributed by atoms with Crippen molar-refractivity contribution >= 4 is 18.3 Å². The number of amides is 2. The van der Waals surface area contributed by atoms with Gasteiger partial charge in [0.05, 0.1) is 0 Å². The fourth-order valence-electron chi connectivity index (χ4n) is 1.83. The molecule has 0 radical (unpaired) electrons. The smallest absolute Gasteiger partial charge is 0.303 e. The minimum absolute atomic E-state index is 0.0233. The molecule has 2 amide bonds. The van der Waals surface area contributed by atoms with Crippen molar-refractivity contribution in [3.8, 4) is 6.07 Å². The van der Waals surface area contributed by atoms with Gasteiger partial charge < -0.3 is 20.2 Å². The molecule has 0 bridgehead atoms. The Morgan fingerprint density at radius 2 is 1.86 bits per heavy atom. The first-order valence-corrected chi connectivity index (χ1v) is 6.62. The lowest BCUT2D eigenvalue weighted by Crippen LogP contribution is -2.43. The Kier molecular flexibility index (Phi) is 6.74. The molecule has 0 saturated carbocycles. The van der Waals surface area contributed by atoms with Crippen LogP contribution in [0.2, 0.25) is 0 Å². The van der Waals surface area contributed by atoms with Crippen molar-refractivity contribution in [2.75, 3.05) is 32.7 Å². The molecule has 0 unspecified atom stereocenters. The largest absolute Gasteiger partial charge is 0.481 e. The van der Waals surface area contributed by atoms with Crippen molar-refractivity contribution in [3.05, 3.63) is 11.8 Å². The second-order valence-electron chi connectivity index (χ2n) is 4.59. The molecule has 1 rings (SSSR count). The van der Waals surface area contributed by atoms with Crippen LogP contribution in [-0.2, 0) is 14.4 Å². The molecule has 8 heteroatoms. The normalized spacial score (nSPS) is 15.3. The van der Waals surface area contributed by atoms with Gasteiger partial charge in [0.25, 0.3) is 5.91 Å². The highest BCUT2D eigenvalue weighted by atomic mass is 16.4. The lowest BCUT2D eigenvalue weighted by Gasteiger charge is -2.31. The number of piperazine rings is 1. The molecule has 8 nitrogen and oxygen atoms in total. The highest BCUT2D eigenvalue weighted by Crippen LogP contribution is 2.04. The number of carboxylic acids is 1. The fourth-order valence-corrected chi connectivity index (χ4v) is 1.83. The molecule has 0 aromatic carbocycles.